The van der Waals surface area contributed by atoms with Crippen molar-refractivity contribution in [3.05, 3.63) is 0 Å². The average Bonchev–Trinajstić information content (AvgIpc) is 3.13. The summed E-state index contributed by atoms with van der Waals surface area (Å²) < 4.78 is 10.4. The van der Waals surface area contributed by atoms with E-state index in [1.807, 2.05) is 0 Å². The molecule has 0 bridgehead atoms. The minimum absolute atomic E-state index is 0.0463. The molecule has 0 spiro atoms. The lowest BCUT2D eigenvalue weighted by Gasteiger charge is -2.34. The molecular formula is C21H36N2O4. The van der Waals surface area contributed by atoms with Crippen molar-refractivity contribution < 1.29 is 19.1 Å². The van der Waals surface area contributed by atoms with Crippen molar-refractivity contribution in [3.63, 3.8) is 0 Å². The Hall–Kier alpha value is -1.14. The van der Waals surface area contributed by atoms with Crippen LogP contribution >= 0.6 is 0 Å². The van der Waals surface area contributed by atoms with Gasteiger partial charge in [0.05, 0.1) is 25.7 Å². The summed E-state index contributed by atoms with van der Waals surface area (Å²) in [5.74, 6) is 1.28. The van der Waals surface area contributed by atoms with E-state index in [4.69, 9.17) is 9.47 Å². The van der Waals surface area contributed by atoms with Gasteiger partial charge in [-0.05, 0) is 56.3 Å². The maximum absolute atomic E-state index is 13.0. The molecular weight excluding hydrogens is 344 g/mol. The Labute approximate surface area is 163 Å². The number of carbonyl (C=O) groups excluding carboxylic acids is 2. The van der Waals surface area contributed by atoms with Crippen LogP contribution in [0, 0.1) is 17.8 Å². The fourth-order valence-electron chi connectivity index (χ4n) is 5.52. The highest BCUT2D eigenvalue weighted by atomic mass is 16.5. The maximum atomic E-state index is 13.0. The molecule has 6 heteroatoms. The first-order valence-corrected chi connectivity index (χ1v) is 10.7. The van der Waals surface area contributed by atoms with Crippen LogP contribution in [-0.2, 0) is 19.1 Å². The van der Waals surface area contributed by atoms with E-state index in [2.05, 4.69) is 17.6 Å². The molecule has 2 N–H and O–H groups in total. The van der Waals surface area contributed by atoms with Crippen LogP contribution in [0.5, 0.6) is 0 Å². The van der Waals surface area contributed by atoms with Crippen LogP contribution in [0.15, 0.2) is 0 Å². The SMILES string of the molecule is COC(=O)CC(NC(=O)C1CC2CCCC(C)C2N1)C1CCCC(OC)C1. The summed E-state index contributed by atoms with van der Waals surface area (Å²) in [4.78, 5) is 25.0. The van der Waals surface area contributed by atoms with Gasteiger partial charge < -0.3 is 20.1 Å². The van der Waals surface area contributed by atoms with Crippen molar-refractivity contribution in [2.45, 2.75) is 88.9 Å². The van der Waals surface area contributed by atoms with E-state index in [9.17, 15) is 9.59 Å². The van der Waals surface area contributed by atoms with E-state index >= 15 is 0 Å². The van der Waals surface area contributed by atoms with Crippen molar-refractivity contribution >= 4 is 11.9 Å². The van der Waals surface area contributed by atoms with Gasteiger partial charge in [0.2, 0.25) is 5.91 Å². The van der Waals surface area contributed by atoms with Crippen LogP contribution in [0.3, 0.4) is 0 Å². The van der Waals surface area contributed by atoms with E-state index in [0.29, 0.717) is 17.9 Å². The molecule has 2 aliphatic carbocycles. The van der Waals surface area contributed by atoms with Gasteiger partial charge in [-0.1, -0.05) is 19.8 Å². The lowest BCUT2D eigenvalue weighted by Crippen LogP contribution is -2.51. The predicted octanol–water partition coefficient (Wildman–Crippen LogP) is 2.41. The molecule has 7 atom stereocenters. The van der Waals surface area contributed by atoms with Crippen molar-refractivity contribution in [1.82, 2.24) is 10.6 Å². The van der Waals surface area contributed by atoms with Crippen molar-refractivity contribution in [2.24, 2.45) is 17.8 Å². The zero-order chi connectivity index (χ0) is 19.4. The molecule has 154 valence electrons. The molecule has 0 aromatic carbocycles. The lowest BCUT2D eigenvalue weighted by atomic mass is 9.78. The second kappa shape index (κ2) is 9.37. The fourth-order valence-corrected chi connectivity index (χ4v) is 5.52. The summed E-state index contributed by atoms with van der Waals surface area (Å²) in [7, 11) is 3.15. The highest BCUT2D eigenvalue weighted by Crippen LogP contribution is 2.37. The van der Waals surface area contributed by atoms with Crippen molar-refractivity contribution in [1.29, 1.82) is 0 Å². The minimum Gasteiger partial charge on any atom is -0.469 e. The largest absolute Gasteiger partial charge is 0.469 e. The first-order chi connectivity index (χ1) is 13.0. The van der Waals surface area contributed by atoms with E-state index < -0.39 is 0 Å². The first kappa shape index (κ1) is 20.6. The molecule has 1 saturated heterocycles. The zero-order valence-corrected chi connectivity index (χ0v) is 17.0. The van der Waals surface area contributed by atoms with Gasteiger partial charge in [-0.3, -0.25) is 9.59 Å². The average molecular weight is 381 g/mol. The third-order valence-electron chi connectivity index (χ3n) is 7.11. The summed E-state index contributed by atoms with van der Waals surface area (Å²) in [6.07, 6.45) is 9.12. The Morgan fingerprint density at radius 1 is 1.11 bits per heavy atom. The maximum Gasteiger partial charge on any atom is 0.307 e. The second-order valence-corrected chi connectivity index (χ2v) is 8.83. The summed E-state index contributed by atoms with van der Waals surface area (Å²) >= 11 is 0. The van der Waals surface area contributed by atoms with Gasteiger partial charge in [0.25, 0.3) is 0 Å². The van der Waals surface area contributed by atoms with Crippen molar-refractivity contribution in [2.75, 3.05) is 14.2 Å². The van der Waals surface area contributed by atoms with Gasteiger partial charge in [-0.25, -0.2) is 0 Å². The Balaban J connectivity index is 1.62. The number of ether oxygens (including phenoxy) is 2. The molecule has 1 heterocycles. The molecule has 3 fully saturated rings. The Kier molecular flexibility index (Phi) is 7.15. The molecule has 1 amide bonds. The number of nitrogens with one attached hydrogen (secondary N) is 2. The number of carbonyl (C=O) groups is 2. The highest BCUT2D eigenvalue weighted by Gasteiger charge is 2.42. The molecule has 0 aromatic heterocycles. The molecule has 0 radical (unpaired) electrons. The molecule has 1 aliphatic heterocycles. The highest BCUT2D eigenvalue weighted by molar-refractivity contribution is 5.83. The fraction of sp³-hybridized carbons (Fsp3) is 0.905. The van der Waals surface area contributed by atoms with Gasteiger partial charge in [0, 0.05) is 19.2 Å². The Bertz CT molecular complexity index is 526. The first-order valence-electron chi connectivity index (χ1n) is 10.7. The number of hydrogen-bond acceptors (Lipinski definition) is 5. The quantitative estimate of drug-likeness (QED) is 0.692. The summed E-state index contributed by atoms with van der Waals surface area (Å²) in [5, 5.41) is 6.79. The van der Waals surface area contributed by atoms with Crippen LogP contribution in [0.25, 0.3) is 0 Å². The number of fused-ring (bicyclic) bond motifs is 1. The topological polar surface area (TPSA) is 76.7 Å². The van der Waals surface area contributed by atoms with Crippen LogP contribution in [-0.4, -0.2) is 50.3 Å². The summed E-state index contributed by atoms with van der Waals surface area (Å²) in [6, 6.07) is 0.147. The standard InChI is InChI=1S/C21H36N2O4/c1-13-6-4-8-15-11-18(22-20(13)15)21(25)23-17(12-19(24)27-3)14-7-5-9-16(10-14)26-2/h13-18,20,22H,4-12H2,1-3H3,(H,23,25). The molecule has 3 aliphatic rings. The second-order valence-electron chi connectivity index (χ2n) is 8.83. The van der Waals surface area contributed by atoms with Crippen LogP contribution in [0.4, 0.5) is 0 Å². The number of rotatable bonds is 6. The predicted molar refractivity (Wildman–Crippen MR) is 103 cm³/mol. The zero-order valence-electron chi connectivity index (χ0n) is 17.0. The normalized spacial score (nSPS) is 37.3. The minimum atomic E-state index is -0.262. The smallest absolute Gasteiger partial charge is 0.307 e. The van der Waals surface area contributed by atoms with E-state index in [-0.39, 0.29) is 42.4 Å². The molecule has 3 rings (SSSR count). The van der Waals surface area contributed by atoms with Crippen LogP contribution in [0.2, 0.25) is 0 Å². The lowest BCUT2D eigenvalue weighted by molar-refractivity contribution is -0.142. The van der Waals surface area contributed by atoms with Crippen LogP contribution in [0.1, 0.15) is 64.7 Å². The number of esters is 1. The van der Waals surface area contributed by atoms with E-state index in [0.717, 1.165) is 32.1 Å². The van der Waals surface area contributed by atoms with E-state index in [1.165, 1.54) is 26.4 Å². The third-order valence-corrected chi connectivity index (χ3v) is 7.11. The molecule has 27 heavy (non-hydrogen) atoms. The Morgan fingerprint density at radius 3 is 2.59 bits per heavy atom. The molecule has 7 unspecified atom stereocenters. The van der Waals surface area contributed by atoms with Gasteiger partial charge in [-0.2, -0.15) is 0 Å². The third kappa shape index (κ3) is 5.02. The van der Waals surface area contributed by atoms with Gasteiger partial charge in [0.1, 0.15) is 0 Å². The number of amides is 1. The monoisotopic (exact) mass is 380 g/mol. The number of methoxy groups -OCH3 is 2. The Morgan fingerprint density at radius 2 is 1.89 bits per heavy atom. The van der Waals surface area contributed by atoms with Crippen LogP contribution < -0.4 is 10.6 Å². The van der Waals surface area contributed by atoms with E-state index in [1.54, 1.807) is 7.11 Å². The molecule has 2 saturated carbocycles. The van der Waals surface area contributed by atoms with Gasteiger partial charge >= 0.3 is 5.97 Å². The van der Waals surface area contributed by atoms with Gasteiger partial charge in [0.15, 0.2) is 0 Å². The number of hydrogen-bond donors (Lipinski definition) is 2. The molecule has 6 nitrogen and oxygen atoms in total. The van der Waals surface area contributed by atoms with Gasteiger partial charge in [-0.15, -0.1) is 0 Å². The molecule has 0 aromatic rings. The summed E-state index contributed by atoms with van der Waals surface area (Å²) in [5.41, 5.74) is 0. The summed E-state index contributed by atoms with van der Waals surface area (Å²) in [6.45, 7) is 2.29. The van der Waals surface area contributed by atoms with Crippen molar-refractivity contribution in [3.8, 4) is 0 Å².